The Morgan fingerprint density at radius 3 is 2.37 bits per heavy atom. The van der Waals surface area contributed by atoms with Gasteiger partial charge in [0.05, 0.1) is 17.2 Å². The van der Waals surface area contributed by atoms with Crippen LogP contribution in [0.4, 0.5) is 0 Å². The van der Waals surface area contributed by atoms with Gasteiger partial charge in [-0.3, -0.25) is 9.59 Å². The minimum atomic E-state index is -0.324. The number of hydrogen-bond donors (Lipinski definition) is 1. The molecule has 1 aromatic rings. The Bertz CT molecular complexity index is 531. The van der Waals surface area contributed by atoms with Crippen molar-refractivity contribution in [2.45, 2.75) is 20.8 Å². The zero-order chi connectivity index (χ0) is 14.6. The average Bonchev–Trinajstić information content (AvgIpc) is 2.31. The molecule has 0 saturated carbocycles. The zero-order valence-electron chi connectivity index (χ0n) is 11.0. The number of benzene rings is 1. The van der Waals surface area contributed by atoms with Crippen molar-refractivity contribution in [1.82, 2.24) is 0 Å². The quantitative estimate of drug-likeness (QED) is 0.512. The molecular formula is C14H15ClO4. The number of halogens is 1. The van der Waals surface area contributed by atoms with Crippen molar-refractivity contribution in [3.8, 4) is 11.5 Å². The number of ether oxygens (including phenoxy) is 1. The molecule has 0 radical (unpaired) electrons. The molecule has 102 valence electrons. The summed E-state index contributed by atoms with van der Waals surface area (Å²) in [5, 5.41) is 9.79. The molecule has 0 atom stereocenters. The first kappa shape index (κ1) is 15.2. The molecular weight excluding hydrogens is 268 g/mol. The number of allylic oxidation sites excluding steroid dienone is 1. The van der Waals surface area contributed by atoms with Crippen molar-refractivity contribution in [2.24, 2.45) is 0 Å². The predicted molar refractivity (Wildman–Crippen MR) is 73.6 cm³/mol. The van der Waals surface area contributed by atoms with E-state index in [0.717, 1.165) is 0 Å². The summed E-state index contributed by atoms with van der Waals surface area (Å²) in [5.41, 5.74) is 0.593. The van der Waals surface area contributed by atoms with Crippen molar-refractivity contribution < 1.29 is 19.4 Å². The Balaban J connectivity index is 3.31. The number of hydrogen-bond acceptors (Lipinski definition) is 4. The summed E-state index contributed by atoms with van der Waals surface area (Å²) in [4.78, 5) is 22.7. The van der Waals surface area contributed by atoms with E-state index in [2.05, 4.69) is 0 Å². The Kier molecular flexibility index (Phi) is 5.12. The second kappa shape index (κ2) is 6.38. The van der Waals surface area contributed by atoms with E-state index in [1.165, 1.54) is 32.1 Å². The summed E-state index contributed by atoms with van der Waals surface area (Å²) in [6.45, 7) is 4.77. The van der Waals surface area contributed by atoms with Gasteiger partial charge in [0.25, 0.3) is 0 Å². The molecule has 0 bridgehead atoms. The highest BCUT2D eigenvalue weighted by Gasteiger charge is 2.12. The lowest BCUT2D eigenvalue weighted by molar-refractivity contribution is -0.119. The van der Waals surface area contributed by atoms with Crippen LogP contribution < -0.4 is 4.74 Å². The van der Waals surface area contributed by atoms with Gasteiger partial charge < -0.3 is 9.84 Å². The average molecular weight is 283 g/mol. The number of phenols is 1. The number of rotatable bonds is 5. The molecule has 1 aromatic carbocycles. The van der Waals surface area contributed by atoms with E-state index in [9.17, 15) is 14.7 Å². The van der Waals surface area contributed by atoms with Crippen LogP contribution in [0.15, 0.2) is 17.7 Å². The van der Waals surface area contributed by atoms with E-state index in [4.69, 9.17) is 16.3 Å². The van der Waals surface area contributed by atoms with Crippen LogP contribution in [0.2, 0.25) is 5.02 Å². The van der Waals surface area contributed by atoms with Gasteiger partial charge in [0.2, 0.25) is 0 Å². The zero-order valence-corrected chi connectivity index (χ0v) is 11.7. The minimum Gasteiger partial charge on any atom is -0.503 e. The number of carbonyl (C=O) groups excluding carboxylic acids is 2. The van der Waals surface area contributed by atoms with E-state index >= 15 is 0 Å². The molecule has 0 aromatic heterocycles. The fourth-order valence-corrected chi connectivity index (χ4v) is 1.78. The largest absolute Gasteiger partial charge is 0.503 e. The Hall–Kier alpha value is -1.81. The maximum absolute atomic E-state index is 11.3. The summed E-state index contributed by atoms with van der Waals surface area (Å²) >= 11 is 5.87. The van der Waals surface area contributed by atoms with Crippen LogP contribution in [0.25, 0.3) is 6.08 Å². The second-order valence-electron chi connectivity index (χ2n) is 3.95. The summed E-state index contributed by atoms with van der Waals surface area (Å²) in [6, 6.07) is 2.99. The first-order valence-corrected chi connectivity index (χ1v) is 6.13. The van der Waals surface area contributed by atoms with Gasteiger partial charge in [-0.15, -0.1) is 0 Å². The second-order valence-corrected chi connectivity index (χ2v) is 4.36. The third kappa shape index (κ3) is 3.83. The molecule has 0 aliphatic heterocycles. The number of aromatic hydroxyl groups is 1. The molecule has 0 fully saturated rings. The molecule has 19 heavy (non-hydrogen) atoms. The Morgan fingerprint density at radius 2 is 1.89 bits per heavy atom. The molecule has 4 nitrogen and oxygen atoms in total. The number of ketones is 2. The maximum atomic E-state index is 11.3. The molecule has 5 heteroatoms. The minimum absolute atomic E-state index is 0.0733. The fourth-order valence-electron chi connectivity index (χ4n) is 1.56. The summed E-state index contributed by atoms with van der Waals surface area (Å²) < 4.78 is 5.23. The van der Waals surface area contributed by atoms with Gasteiger partial charge in [-0.05, 0) is 44.5 Å². The molecule has 0 saturated heterocycles. The lowest BCUT2D eigenvalue weighted by atomic mass is 10.0. The first-order chi connectivity index (χ1) is 8.86. The van der Waals surface area contributed by atoms with Gasteiger partial charge in [-0.2, -0.15) is 0 Å². The third-order valence-corrected chi connectivity index (χ3v) is 2.71. The van der Waals surface area contributed by atoms with Crippen LogP contribution in [-0.4, -0.2) is 23.3 Å². The van der Waals surface area contributed by atoms with E-state index in [1.807, 2.05) is 0 Å². The van der Waals surface area contributed by atoms with Crippen molar-refractivity contribution in [1.29, 1.82) is 0 Å². The maximum Gasteiger partial charge on any atom is 0.176 e. The smallest absolute Gasteiger partial charge is 0.176 e. The van der Waals surface area contributed by atoms with E-state index in [-0.39, 0.29) is 33.7 Å². The van der Waals surface area contributed by atoms with Crippen LogP contribution in [-0.2, 0) is 9.59 Å². The van der Waals surface area contributed by atoms with Gasteiger partial charge in [0.15, 0.2) is 23.1 Å². The molecule has 0 unspecified atom stereocenters. The van der Waals surface area contributed by atoms with Crippen molar-refractivity contribution in [2.75, 3.05) is 6.61 Å². The highest BCUT2D eigenvalue weighted by molar-refractivity contribution is 6.32. The highest BCUT2D eigenvalue weighted by Crippen LogP contribution is 2.35. The van der Waals surface area contributed by atoms with Crippen LogP contribution in [0.3, 0.4) is 0 Å². The van der Waals surface area contributed by atoms with Gasteiger partial charge in [-0.1, -0.05) is 11.6 Å². The van der Waals surface area contributed by atoms with Crippen LogP contribution in [0.5, 0.6) is 11.5 Å². The number of carbonyl (C=O) groups is 2. The highest BCUT2D eigenvalue weighted by atomic mass is 35.5. The lowest BCUT2D eigenvalue weighted by Crippen LogP contribution is -2.05. The van der Waals surface area contributed by atoms with E-state index in [0.29, 0.717) is 12.2 Å². The van der Waals surface area contributed by atoms with E-state index in [1.54, 1.807) is 6.92 Å². The lowest BCUT2D eigenvalue weighted by Gasteiger charge is -2.09. The molecule has 1 rings (SSSR count). The fraction of sp³-hybridized carbons (Fsp3) is 0.286. The van der Waals surface area contributed by atoms with Gasteiger partial charge in [-0.25, -0.2) is 0 Å². The number of phenolic OH excluding ortho intramolecular Hbond substituents is 1. The first-order valence-electron chi connectivity index (χ1n) is 5.75. The monoisotopic (exact) mass is 282 g/mol. The molecule has 0 aliphatic carbocycles. The normalized spacial score (nSPS) is 9.89. The predicted octanol–water partition coefficient (Wildman–Crippen LogP) is 3.01. The Morgan fingerprint density at radius 1 is 1.32 bits per heavy atom. The topological polar surface area (TPSA) is 63.6 Å². The van der Waals surface area contributed by atoms with E-state index < -0.39 is 0 Å². The van der Waals surface area contributed by atoms with Crippen LogP contribution in [0, 0.1) is 0 Å². The molecule has 0 spiro atoms. The summed E-state index contributed by atoms with van der Waals surface area (Å²) in [7, 11) is 0. The SMILES string of the molecule is CCOc1cc(C=C(C(C)=O)C(C)=O)cc(Cl)c1O. The van der Waals surface area contributed by atoms with Gasteiger partial charge >= 0.3 is 0 Å². The standard InChI is InChI=1S/C14H15ClO4/c1-4-19-13-7-10(6-12(15)14(13)18)5-11(8(2)16)9(3)17/h5-7,18H,4H2,1-3H3. The molecule has 0 amide bonds. The van der Waals surface area contributed by atoms with Crippen LogP contribution in [0.1, 0.15) is 26.3 Å². The number of Topliss-reactive ketones (excluding diaryl/α,β-unsaturated/α-hetero) is 2. The van der Waals surface area contributed by atoms with Crippen molar-refractivity contribution in [3.05, 3.63) is 28.3 Å². The molecule has 0 aliphatic rings. The third-order valence-electron chi connectivity index (χ3n) is 2.42. The van der Waals surface area contributed by atoms with Crippen molar-refractivity contribution in [3.63, 3.8) is 0 Å². The molecule has 1 N–H and O–H groups in total. The summed E-state index contributed by atoms with van der Waals surface area (Å²) in [6.07, 6.45) is 1.43. The van der Waals surface area contributed by atoms with Gasteiger partial charge in [0.1, 0.15) is 0 Å². The van der Waals surface area contributed by atoms with Gasteiger partial charge in [0, 0.05) is 0 Å². The Labute approximate surface area is 116 Å². The molecule has 0 heterocycles. The summed E-state index contributed by atoms with van der Waals surface area (Å²) in [5.74, 6) is -0.593. The van der Waals surface area contributed by atoms with Crippen LogP contribution >= 0.6 is 11.6 Å². The van der Waals surface area contributed by atoms with Crippen molar-refractivity contribution >= 4 is 29.2 Å².